The second-order valence-corrected chi connectivity index (χ2v) is 11.7. The minimum absolute atomic E-state index is 0.130. The molecule has 0 heterocycles. The third kappa shape index (κ3) is 8.83. The SMILES string of the molecule is CC(C)C[C@H](N[C@H](c1ccc(OC(F)(F)F)cc1)c1ccc(-c2ccc(S(C)(=O)=O)cc2)cc1)C(=O)NCC#N. The van der Waals surface area contributed by atoms with Gasteiger partial charge in [0.25, 0.3) is 0 Å². The highest BCUT2D eigenvalue weighted by molar-refractivity contribution is 7.90. The molecule has 0 spiro atoms. The van der Waals surface area contributed by atoms with Gasteiger partial charge < -0.3 is 10.1 Å². The number of carbonyl (C=O) groups is 1. The fourth-order valence-electron chi connectivity index (χ4n) is 4.18. The van der Waals surface area contributed by atoms with E-state index in [9.17, 15) is 26.4 Å². The van der Waals surface area contributed by atoms with Crippen LogP contribution in [0, 0.1) is 17.2 Å². The first-order valence-corrected chi connectivity index (χ1v) is 14.3. The number of amides is 1. The van der Waals surface area contributed by atoms with Crippen LogP contribution in [-0.2, 0) is 14.6 Å². The van der Waals surface area contributed by atoms with Gasteiger partial charge in [0.15, 0.2) is 9.84 Å². The molecule has 0 aliphatic carbocycles. The van der Waals surface area contributed by atoms with E-state index in [1.165, 1.54) is 36.4 Å². The predicted molar refractivity (Wildman–Crippen MR) is 145 cm³/mol. The van der Waals surface area contributed by atoms with Gasteiger partial charge in [-0.15, -0.1) is 13.2 Å². The van der Waals surface area contributed by atoms with Crippen LogP contribution < -0.4 is 15.4 Å². The molecule has 0 bridgehead atoms. The topological polar surface area (TPSA) is 108 Å². The lowest BCUT2D eigenvalue weighted by atomic mass is 9.94. The number of nitrogens with one attached hydrogen (secondary N) is 2. The van der Waals surface area contributed by atoms with Crippen LogP contribution in [0.4, 0.5) is 13.2 Å². The van der Waals surface area contributed by atoms with E-state index in [2.05, 4.69) is 15.4 Å². The largest absolute Gasteiger partial charge is 0.573 e. The Hall–Kier alpha value is -3.88. The molecule has 3 aromatic carbocycles. The molecule has 0 saturated heterocycles. The number of alkyl halides is 3. The van der Waals surface area contributed by atoms with Crippen molar-refractivity contribution in [1.82, 2.24) is 10.6 Å². The Morgan fingerprint density at radius 3 is 1.88 bits per heavy atom. The van der Waals surface area contributed by atoms with Crippen LogP contribution in [0.2, 0.25) is 0 Å². The van der Waals surface area contributed by atoms with Crippen LogP contribution in [0.3, 0.4) is 0 Å². The number of ether oxygens (including phenoxy) is 1. The fraction of sp³-hybridized carbons (Fsp3) is 0.310. The number of hydrogen-bond donors (Lipinski definition) is 2. The van der Waals surface area contributed by atoms with E-state index in [1.54, 1.807) is 12.1 Å². The Morgan fingerprint density at radius 2 is 1.43 bits per heavy atom. The Bertz CT molecular complexity index is 1430. The van der Waals surface area contributed by atoms with Gasteiger partial charge in [0.1, 0.15) is 12.3 Å². The summed E-state index contributed by atoms with van der Waals surface area (Å²) in [4.78, 5) is 13.1. The summed E-state index contributed by atoms with van der Waals surface area (Å²) >= 11 is 0. The molecule has 11 heteroatoms. The molecular formula is C29H30F3N3O4S. The zero-order valence-corrected chi connectivity index (χ0v) is 23.0. The van der Waals surface area contributed by atoms with E-state index in [0.717, 1.165) is 22.9 Å². The normalized spacial score (nSPS) is 13.3. The van der Waals surface area contributed by atoms with E-state index < -0.39 is 28.3 Å². The summed E-state index contributed by atoms with van der Waals surface area (Å²) in [5.41, 5.74) is 2.96. The highest BCUT2D eigenvalue weighted by Gasteiger charge is 2.31. The highest BCUT2D eigenvalue weighted by atomic mass is 32.2. The molecule has 212 valence electrons. The van der Waals surface area contributed by atoms with Crippen molar-refractivity contribution in [2.24, 2.45) is 5.92 Å². The standard InChI is InChI=1S/C29H30F3N3O4S/c1-19(2)18-26(28(36)34-17-16-33)35-27(23-8-12-24(13-9-23)39-29(30,31)32)22-6-4-20(5-7-22)21-10-14-25(15-11-21)40(3,37)38/h4-15,19,26-27,35H,17-18H2,1-3H3,(H,34,36)/t26-,27-/m0/s1. The Labute approximate surface area is 231 Å². The van der Waals surface area contributed by atoms with Gasteiger partial charge in [-0.1, -0.05) is 62.4 Å². The molecule has 0 radical (unpaired) electrons. The molecule has 0 aliphatic rings. The summed E-state index contributed by atoms with van der Waals surface area (Å²) < 4.78 is 65.6. The zero-order valence-electron chi connectivity index (χ0n) is 22.2. The Balaban J connectivity index is 1.97. The van der Waals surface area contributed by atoms with Crippen molar-refractivity contribution in [1.29, 1.82) is 5.26 Å². The number of nitrogens with zero attached hydrogens (tertiary/aromatic N) is 1. The highest BCUT2D eigenvalue weighted by Crippen LogP contribution is 2.30. The maximum atomic E-state index is 12.9. The van der Waals surface area contributed by atoms with Crippen molar-refractivity contribution in [3.05, 3.63) is 83.9 Å². The van der Waals surface area contributed by atoms with Crippen LogP contribution in [0.25, 0.3) is 11.1 Å². The summed E-state index contributed by atoms with van der Waals surface area (Å²) in [7, 11) is -3.33. The summed E-state index contributed by atoms with van der Waals surface area (Å²) in [6.07, 6.45) is -3.23. The maximum absolute atomic E-state index is 12.9. The quantitative estimate of drug-likeness (QED) is 0.298. The number of nitriles is 1. The van der Waals surface area contributed by atoms with E-state index in [1.807, 2.05) is 44.2 Å². The molecule has 3 aromatic rings. The number of carbonyl (C=O) groups excluding carboxylic acids is 1. The van der Waals surface area contributed by atoms with Crippen LogP contribution in [0.5, 0.6) is 5.75 Å². The molecule has 2 N–H and O–H groups in total. The first kappa shape index (κ1) is 30.7. The minimum Gasteiger partial charge on any atom is -0.406 e. The van der Waals surface area contributed by atoms with Crippen molar-refractivity contribution >= 4 is 15.7 Å². The zero-order chi connectivity index (χ0) is 29.5. The van der Waals surface area contributed by atoms with Gasteiger partial charge in [0, 0.05) is 6.26 Å². The summed E-state index contributed by atoms with van der Waals surface area (Å²) in [5, 5.41) is 14.8. The summed E-state index contributed by atoms with van der Waals surface area (Å²) in [5.74, 6) is -0.598. The molecule has 0 aromatic heterocycles. The van der Waals surface area contributed by atoms with Gasteiger partial charge in [0.2, 0.25) is 5.91 Å². The molecule has 0 fully saturated rings. The second-order valence-electron chi connectivity index (χ2n) is 9.69. The summed E-state index contributed by atoms with van der Waals surface area (Å²) in [6, 6.07) is 19.8. The number of benzene rings is 3. The van der Waals surface area contributed by atoms with Crippen LogP contribution in [-0.4, -0.2) is 39.5 Å². The monoisotopic (exact) mass is 573 g/mol. The lowest BCUT2D eigenvalue weighted by Gasteiger charge is -2.27. The molecule has 2 atom stereocenters. The number of hydrogen-bond acceptors (Lipinski definition) is 6. The predicted octanol–water partition coefficient (Wildman–Crippen LogP) is 5.39. The lowest BCUT2D eigenvalue weighted by Crippen LogP contribution is -2.46. The molecule has 0 saturated carbocycles. The van der Waals surface area contributed by atoms with E-state index in [-0.39, 0.29) is 29.0 Å². The van der Waals surface area contributed by atoms with Gasteiger partial charge in [-0.2, -0.15) is 5.26 Å². The van der Waals surface area contributed by atoms with Gasteiger partial charge >= 0.3 is 6.36 Å². The van der Waals surface area contributed by atoms with Crippen molar-refractivity contribution < 1.29 is 31.1 Å². The van der Waals surface area contributed by atoms with E-state index in [0.29, 0.717) is 12.0 Å². The molecule has 0 unspecified atom stereocenters. The molecule has 7 nitrogen and oxygen atoms in total. The maximum Gasteiger partial charge on any atom is 0.573 e. The fourth-order valence-corrected chi connectivity index (χ4v) is 4.81. The Morgan fingerprint density at radius 1 is 0.925 bits per heavy atom. The first-order valence-electron chi connectivity index (χ1n) is 12.4. The van der Waals surface area contributed by atoms with Gasteiger partial charge in [-0.05, 0) is 58.9 Å². The minimum atomic E-state index is -4.82. The molecule has 1 amide bonds. The molecular weight excluding hydrogens is 543 g/mol. The second kappa shape index (κ2) is 13.0. The number of rotatable bonds is 11. The lowest BCUT2D eigenvalue weighted by molar-refractivity contribution is -0.274. The Kier molecular flexibility index (Phi) is 9.95. The van der Waals surface area contributed by atoms with Crippen molar-refractivity contribution in [3.63, 3.8) is 0 Å². The van der Waals surface area contributed by atoms with Gasteiger partial charge in [-0.25, -0.2) is 8.42 Å². The van der Waals surface area contributed by atoms with Gasteiger partial charge in [0.05, 0.1) is 23.0 Å². The number of halogens is 3. The first-order chi connectivity index (χ1) is 18.8. The summed E-state index contributed by atoms with van der Waals surface area (Å²) in [6.45, 7) is 3.75. The molecule has 3 rings (SSSR count). The van der Waals surface area contributed by atoms with Crippen molar-refractivity contribution in [2.75, 3.05) is 12.8 Å². The van der Waals surface area contributed by atoms with E-state index in [4.69, 9.17) is 5.26 Å². The van der Waals surface area contributed by atoms with E-state index >= 15 is 0 Å². The van der Waals surface area contributed by atoms with Gasteiger partial charge in [-0.3, -0.25) is 10.1 Å². The third-order valence-electron chi connectivity index (χ3n) is 6.04. The van der Waals surface area contributed by atoms with Crippen LogP contribution in [0.15, 0.2) is 77.7 Å². The molecule has 40 heavy (non-hydrogen) atoms. The third-order valence-corrected chi connectivity index (χ3v) is 7.17. The van der Waals surface area contributed by atoms with Crippen molar-refractivity contribution in [3.8, 4) is 22.9 Å². The number of sulfone groups is 1. The van der Waals surface area contributed by atoms with Crippen molar-refractivity contribution in [2.45, 2.75) is 43.6 Å². The van der Waals surface area contributed by atoms with Crippen LogP contribution in [0.1, 0.15) is 37.4 Å². The molecule has 0 aliphatic heterocycles. The smallest absolute Gasteiger partial charge is 0.406 e. The average Bonchev–Trinajstić information content (AvgIpc) is 2.89. The van der Waals surface area contributed by atoms with Crippen LogP contribution >= 0.6 is 0 Å². The average molecular weight is 574 g/mol.